The van der Waals surface area contributed by atoms with Crippen molar-refractivity contribution in [2.75, 3.05) is 19.5 Å². The van der Waals surface area contributed by atoms with Gasteiger partial charge >= 0.3 is 0 Å². The molecule has 3 heteroatoms. The van der Waals surface area contributed by atoms with Gasteiger partial charge in [0.1, 0.15) is 11.5 Å². The second-order valence-corrected chi connectivity index (χ2v) is 4.66. The minimum atomic E-state index is 0.868. The molecule has 0 aliphatic carbocycles. The molecule has 1 rings (SSSR count). The Morgan fingerprint density at radius 1 is 1.29 bits per heavy atom. The number of methoxy groups -OCH3 is 2. The molecular formula is C14H19BrO2. The van der Waals surface area contributed by atoms with E-state index < -0.39 is 0 Å². The highest BCUT2D eigenvalue weighted by Crippen LogP contribution is 2.25. The van der Waals surface area contributed by atoms with E-state index in [1.165, 1.54) is 5.57 Å². The van der Waals surface area contributed by atoms with Gasteiger partial charge in [0.15, 0.2) is 0 Å². The van der Waals surface area contributed by atoms with Gasteiger partial charge in [-0.1, -0.05) is 27.6 Å². The third-order valence-electron chi connectivity index (χ3n) is 2.65. The Balaban J connectivity index is 2.84. The Bertz CT molecular complexity index is 386. The van der Waals surface area contributed by atoms with Crippen LogP contribution in [0, 0.1) is 0 Å². The van der Waals surface area contributed by atoms with E-state index in [2.05, 4.69) is 28.9 Å². The maximum Gasteiger partial charge on any atom is 0.122 e. The standard InChI is InChI=1S/C14H19BrO2/c1-11(8-9-15)4-5-12-10-13(16-2)6-7-14(12)17-3/h4,6-7,10H,5,8-9H2,1-3H3/b11-4+. The van der Waals surface area contributed by atoms with E-state index in [1.807, 2.05) is 18.2 Å². The maximum atomic E-state index is 5.34. The fourth-order valence-corrected chi connectivity index (χ4v) is 2.20. The van der Waals surface area contributed by atoms with E-state index in [4.69, 9.17) is 9.47 Å². The van der Waals surface area contributed by atoms with Gasteiger partial charge in [0, 0.05) is 10.9 Å². The first kappa shape index (κ1) is 14.1. The third-order valence-corrected chi connectivity index (χ3v) is 3.04. The topological polar surface area (TPSA) is 18.5 Å². The molecule has 0 aliphatic heterocycles. The number of rotatable bonds is 6. The summed E-state index contributed by atoms with van der Waals surface area (Å²) in [5.41, 5.74) is 2.53. The first-order chi connectivity index (χ1) is 8.21. The molecule has 2 nitrogen and oxygen atoms in total. The first-order valence-corrected chi connectivity index (χ1v) is 6.76. The van der Waals surface area contributed by atoms with E-state index >= 15 is 0 Å². The number of benzene rings is 1. The molecule has 0 unspecified atom stereocenters. The van der Waals surface area contributed by atoms with Crippen LogP contribution in [0.3, 0.4) is 0 Å². The number of hydrogen-bond acceptors (Lipinski definition) is 2. The van der Waals surface area contributed by atoms with Crippen molar-refractivity contribution in [2.45, 2.75) is 19.8 Å². The molecular weight excluding hydrogens is 280 g/mol. The van der Waals surface area contributed by atoms with Crippen molar-refractivity contribution in [1.29, 1.82) is 0 Å². The Kier molecular flexibility index (Phi) is 6.12. The summed E-state index contributed by atoms with van der Waals surface area (Å²) in [6, 6.07) is 5.88. The minimum Gasteiger partial charge on any atom is -0.497 e. The van der Waals surface area contributed by atoms with Gasteiger partial charge in [0.2, 0.25) is 0 Å². The molecule has 1 aromatic rings. The number of alkyl halides is 1. The largest absolute Gasteiger partial charge is 0.497 e. The molecule has 17 heavy (non-hydrogen) atoms. The second-order valence-electron chi connectivity index (χ2n) is 3.87. The van der Waals surface area contributed by atoms with Crippen LogP contribution in [0.1, 0.15) is 18.9 Å². The van der Waals surface area contributed by atoms with Crippen molar-refractivity contribution in [3.8, 4) is 11.5 Å². The molecule has 94 valence electrons. The molecule has 0 aromatic heterocycles. The van der Waals surface area contributed by atoms with Crippen LogP contribution in [0.25, 0.3) is 0 Å². The summed E-state index contributed by atoms with van der Waals surface area (Å²) in [4.78, 5) is 0. The molecule has 0 heterocycles. The summed E-state index contributed by atoms with van der Waals surface area (Å²) in [5.74, 6) is 1.78. The Morgan fingerprint density at radius 2 is 2.06 bits per heavy atom. The maximum absolute atomic E-state index is 5.34. The first-order valence-electron chi connectivity index (χ1n) is 5.63. The highest BCUT2D eigenvalue weighted by atomic mass is 79.9. The van der Waals surface area contributed by atoms with Gasteiger partial charge in [-0.3, -0.25) is 0 Å². The molecule has 0 saturated heterocycles. The number of hydrogen-bond donors (Lipinski definition) is 0. The van der Waals surface area contributed by atoms with Crippen LogP contribution >= 0.6 is 15.9 Å². The van der Waals surface area contributed by atoms with Gasteiger partial charge in [0.25, 0.3) is 0 Å². The predicted molar refractivity (Wildman–Crippen MR) is 75.4 cm³/mol. The number of halogens is 1. The molecule has 0 saturated carbocycles. The zero-order chi connectivity index (χ0) is 12.7. The Hall–Kier alpha value is -0.960. The lowest BCUT2D eigenvalue weighted by atomic mass is 10.1. The molecule has 0 amide bonds. The van der Waals surface area contributed by atoms with Gasteiger partial charge in [-0.15, -0.1) is 0 Å². The van der Waals surface area contributed by atoms with Crippen molar-refractivity contribution in [1.82, 2.24) is 0 Å². The van der Waals surface area contributed by atoms with Crippen LogP contribution in [0.4, 0.5) is 0 Å². The lowest BCUT2D eigenvalue weighted by Gasteiger charge is -2.09. The average molecular weight is 299 g/mol. The van der Waals surface area contributed by atoms with E-state index in [0.29, 0.717) is 0 Å². The van der Waals surface area contributed by atoms with Crippen molar-refractivity contribution in [3.05, 3.63) is 35.4 Å². The molecule has 0 spiro atoms. The van der Waals surface area contributed by atoms with E-state index in [-0.39, 0.29) is 0 Å². The Labute approximate surface area is 112 Å². The van der Waals surface area contributed by atoms with Crippen molar-refractivity contribution in [2.24, 2.45) is 0 Å². The fourth-order valence-electron chi connectivity index (χ4n) is 1.58. The molecule has 0 radical (unpaired) electrons. The summed E-state index contributed by atoms with van der Waals surface area (Å²) in [7, 11) is 3.37. The van der Waals surface area contributed by atoms with Gasteiger partial charge < -0.3 is 9.47 Å². The molecule has 0 bridgehead atoms. The van der Waals surface area contributed by atoms with E-state index in [9.17, 15) is 0 Å². The quantitative estimate of drug-likeness (QED) is 0.584. The minimum absolute atomic E-state index is 0.868. The number of ether oxygens (including phenoxy) is 2. The second kappa shape index (κ2) is 7.38. The lowest BCUT2D eigenvalue weighted by molar-refractivity contribution is 0.399. The summed E-state index contributed by atoms with van der Waals surface area (Å²) in [5, 5.41) is 1.00. The molecule has 0 aliphatic rings. The normalized spacial score (nSPS) is 11.4. The highest BCUT2D eigenvalue weighted by molar-refractivity contribution is 9.09. The zero-order valence-corrected chi connectivity index (χ0v) is 12.2. The van der Waals surface area contributed by atoms with Gasteiger partial charge in [-0.05, 0) is 38.0 Å². The van der Waals surface area contributed by atoms with E-state index in [1.54, 1.807) is 14.2 Å². The van der Waals surface area contributed by atoms with Gasteiger partial charge in [0.05, 0.1) is 14.2 Å². The smallest absolute Gasteiger partial charge is 0.122 e. The summed E-state index contributed by atoms with van der Waals surface area (Å²) < 4.78 is 10.6. The van der Waals surface area contributed by atoms with Crippen molar-refractivity contribution in [3.63, 3.8) is 0 Å². The molecule has 0 fully saturated rings. The van der Waals surface area contributed by atoms with Crippen molar-refractivity contribution < 1.29 is 9.47 Å². The van der Waals surface area contributed by atoms with Crippen LogP contribution in [-0.2, 0) is 6.42 Å². The third kappa shape index (κ3) is 4.43. The highest BCUT2D eigenvalue weighted by Gasteiger charge is 2.03. The predicted octanol–water partition coefficient (Wildman–Crippen LogP) is 3.98. The van der Waals surface area contributed by atoms with Crippen molar-refractivity contribution >= 4 is 15.9 Å². The van der Waals surface area contributed by atoms with Gasteiger partial charge in [-0.25, -0.2) is 0 Å². The fraction of sp³-hybridized carbons (Fsp3) is 0.429. The lowest BCUT2D eigenvalue weighted by Crippen LogP contribution is -1.93. The van der Waals surface area contributed by atoms with Crippen LogP contribution < -0.4 is 9.47 Å². The zero-order valence-electron chi connectivity index (χ0n) is 10.6. The van der Waals surface area contributed by atoms with E-state index in [0.717, 1.165) is 35.2 Å². The van der Waals surface area contributed by atoms with Crippen LogP contribution in [-0.4, -0.2) is 19.5 Å². The monoisotopic (exact) mass is 298 g/mol. The summed E-state index contributed by atoms with van der Waals surface area (Å²) >= 11 is 3.44. The SMILES string of the molecule is COc1ccc(OC)c(C/C=C(\C)CCBr)c1. The molecule has 0 atom stereocenters. The van der Waals surface area contributed by atoms with Crippen LogP contribution in [0.5, 0.6) is 11.5 Å². The average Bonchev–Trinajstić information content (AvgIpc) is 2.36. The Morgan fingerprint density at radius 3 is 2.65 bits per heavy atom. The van der Waals surface area contributed by atoms with Crippen LogP contribution in [0.15, 0.2) is 29.8 Å². The summed E-state index contributed by atoms with van der Waals surface area (Å²) in [6.45, 7) is 2.15. The number of allylic oxidation sites excluding steroid dienone is 2. The van der Waals surface area contributed by atoms with Gasteiger partial charge in [-0.2, -0.15) is 0 Å². The summed E-state index contributed by atoms with van der Waals surface area (Å²) in [6.07, 6.45) is 4.18. The molecule has 0 N–H and O–H groups in total. The molecule has 1 aromatic carbocycles. The van der Waals surface area contributed by atoms with Crippen LogP contribution in [0.2, 0.25) is 0 Å².